The van der Waals surface area contributed by atoms with E-state index in [1.807, 2.05) is 0 Å². The number of sulfone groups is 1. The van der Waals surface area contributed by atoms with Crippen molar-refractivity contribution in [2.24, 2.45) is 0 Å². The molecule has 2 aromatic carbocycles. The van der Waals surface area contributed by atoms with Gasteiger partial charge in [0.25, 0.3) is 0 Å². The molecule has 0 fully saturated rings. The summed E-state index contributed by atoms with van der Waals surface area (Å²) in [7, 11) is -2.43. The molecule has 1 aliphatic rings. The molecule has 22 heavy (non-hydrogen) atoms. The molecule has 1 heterocycles. The lowest BCUT2D eigenvalue weighted by Crippen LogP contribution is -2.07. The number of fused-ring (bicyclic) bond motifs is 2. The van der Waals surface area contributed by atoms with Crippen LogP contribution in [0.5, 0.6) is 11.5 Å². The van der Waals surface area contributed by atoms with Crippen LogP contribution in [-0.4, -0.2) is 21.5 Å². The SMILES string of the molecule is COC(=O)c1ccc2c(c1)S(=O)(=O)Cc1cccc(N)c1O2. The molecule has 3 rings (SSSR count). The average Bonchev–Trinajstić information content (AvgIpc) is 2.60. The first-order chi connectivity index (χ1) is 10.4. The molecule has 0 saturated carbocycles. The summed E-state index contributed by atoms with van der Waals surface area (Å²) in [4.78, 5) is 11.5. The van der Waals surface area contributed by atoms with E-state index >= 15 is 0 Å². The fourth-order valence-electron chi connectivity index (χ4n) is 2.32. The van der Waals surface area contributed by atoms with Crippen molar-refractivity contribution < 1.29 is 22.7 Å². The number of nitrogens with two attached hydrogens (primary N) is 1. The Morgan fingerprint density at radius 3 is 2.77 bits per heavy atom. The number of anilines is 1. The molecule has 2 N–H and O–H groups in total. The zero-order valence-corrected chi connectivity index (χ0v) is 12.5. The maximum absolute atomic E-state index is 12.6. The lowest BCUT2D eigenvalue weighted by atomic mass is 10.2. The number of para-hydroxylation sites is 1. The van der Waals surface area contributed by atoms with Gasteiger partial charge in [0.15, 0.2) is 15.6 Å². The quantitative estimate of drug-likeness (QED) is 0.639. The first kappa shape index (κ1) is 14.4. The van der Waals surface area contributed by atoms with Gasteiger partial charge in [-0.25, -0.2) is 13.2 Å². The highest BCUT2D eigenvalue weighted by Crippen LogP contribution is 2.40. The van der Waals surface area contributed by atoms with Crippen LogP contribution in [0.15, 0.2) is 41.3 Å². The zero-order valence-electron chi connectivity index (χ0n) is 11.7. The minimum atomic E-state index is -3.66. The number of hydrogen-bond donors (Lipinski definition) is 1. The lowest BCUT2D eigenvalue weighted by molar-refractivity contribution is 0.0600. The normalized spacial score (nSPS) is 15.0. The molecule has 0 aromatic heterocycles. The molecule has 0 amide bonds. The molecule has 0 unspecified atom stereocenters. The van der Waals surface area contributed by atoms with Gasteiger partial charge in [-0.3, -0.25) is 0 Å². The molecule has 7 heteroatoms. The minimum Gasteiger partial charge on any atom is -0.465 e. The van der Waals surface area contributed by atoms with E-state index in [9.17, 15) is 13.2 Å². The first-order valence-electron chi connectivity index (χ1n) is 6.43. The topological polar surface area (TPSA) is 95.7 Å². The van der Waals surface area contributed by atoms with Crippen molar-refractivity contribution in [2.45, 2.75) is 10.6 Å². The molecule has 0 aliphatic carbocycles. The van der Waals surface area contributed by atoms with Gasteiger partial charge >= 0.3 is 5.97 Å². The summed E-state index contributed by atoms with van der Waals surface area (Å²) in [5, 5.41) is 0. The van der Waals surface area contributed by atoms with E-state index in [0.717, 1.165) is 0 Å². The molecule has 0 bridgehead atoms. The molecular weight excluding hydrogens is 306 g/mol. The maximum Gasteiger partial charge on any atom is 0.337 e. The van der Waals surface area contributed by atoms with Gasteiger partial charge in [-0.1, -0.05) is 12.1 Å². The van der Waals surface area contributed by atoms with E-state index < -0.39 is 15.8 Å². The van der Waals surface area contributed by atoms with Gasteiger partial charge in [-0.05, 0) is 24.3 Å². The van der Waals surface area contributed by atoms with E-state index in [4.69, 9.17) is 10.5 Å². The fourth-order valence-corrected chi connectivity index (χ4v) is 3.83. The highest BCUT2D eigenvalue weighted by Gasteiger charge is 2.28. The van der Waals surface area contributed by atoms with Crippen LogP contribution in [0.3, 0.4) is 0 Å². The first-order valence-corrected chi connectivity index (χ1v) is 8.08. The van der Waals surface area contributed by atoms with Crippen molar-refractivity contribution in [1.82, 2.24) is 0 Å². The summed E-state index contributed by atoms with van der Waals surface area (Å²) >= 11 is 0. The van der Waals surface area contributed by atoms with E-state index in [0.29, 0.717) is 17.0 Å². The average molecular weight is 319 g/mol. The molecular formula is C15H13NO5S. The Labute approximate surface area is 127 Å². The van der Waals surface area contributed by atoms with Crippen LogP contribution in [0.25, 0.3) is 0 Å². The van der Waals surface area contributed by atoms with Crippen molar-refractivity contribution in [3.05, 3.63) is 47.5 Å². The number of methoxy groups -OCH3 is 1. The monoisotopic (exact) mass is 319 g/mol. The van der Waals surface area contributed by atoms with E-state index in [-0.39, 0.29) is 22.0 Å². The standard InChI is InChI=1S/C15H13NO5S/c1-20-15(17)9-5-6-12-13(7-9)22(18,19)8-10-3-2-4-11(16)14(10)21-12/h2-7H,8,16H2,1H3. The summed E-state index contributed by atoms with van der Waals surface area (Å²) in [6.07, 6.45) is 0. The number of carbonyl (C=O) groups is 1. The van der Waals surface area contributed by atoms with E-state index in [1.165, 1.54) is 25.3 Å². The highest BCUT2D eigenvalue weighted by atomic mass is 32.2. The third-order valence-electron chi connectivity index (χ3n) is 3.38. The van der Waals surface area contributed by atoms with Crippen LogP contribution >= 0.6 is 0 Å². The summed E-state index contributed by atoms with van der Waals surface area (Å²) < 4.78 is 35.4. The Kier molecular flexibility index (Phi) is 3.29. The second-order valence-electron chi connectivity index (χ2n) is 4.85. The van der Waals surface area contributed by atoms with Crippen LogP contribution in [0, 0.1) is 0 Å². The number of benzene rings is 2. The molecule has 0 spiro atoms. The third kappa shape index (κ3) is 2.29. The largest absolute Gasteiger partial charge is 0.465 e. The van der Waals surface area contributed by atoms with E-state index in [1.54, 1.807) is 18.2 Å². The van der Waals surface area contributed by atoms with Gasteiger partial charge in [0.05, 0.1) is 24.1 Å². The predicted molar refractivity (Wildman–Crippen MR) is 79.6 cm³/mol. The van der Waals surface area contributed by atoms with Crippen molar-refractivity contribution >= 4 is 21.5 Å². The third-order valence-corrected chi connectivity index (χ3v) is 5.06. The molecule has 0 atom stereocenters. The van der Waals surface area contributed by atoms with Crippen LogP contribution in [0.2, 0.25) is 0 Å². The Hall–Kier alpha value is -2.54. The molecule has 2 aromatic rings. The number of carbonyl (C=O) groups excluding carboxylic acids is 1. The van der Waals surface area contributed by atoms with Gasteiger partial charge < -0.3 is 15.2 Å². The van der Waals surface area contributed by atoms with Crippen molar-refractivity contribution in [1.29, 1.82) is 0 Å². The Morgan fingerprint density at radius 1 is 1.27 bits per heavy atom. The Balaban J connectivity index is 2.21. The second kappa shape index (κ2) is 5.03. The second-order valence-corrected chi connectivity index (χ2v) is 6.81. The summed E-state index contributed by atoms with van der Waals surface area (Å²) in [5.41, 5.74) is 6.85. The van der Waals surface area contributed by atoms with Gasteiger partial charge in [0.2, 0.25) is 0 Å². The van der Waals surface area contributed by atoms with Gasteiger partial charge in [-0.15, -0.1) is 0 Å². The van der Waals surface area contributed by atoms with Crippen LogP contribution in [0.4, 0.5) is 5.69 Å². The maximum atomic E-state index is 12.6. The number of esters is 1. The number of rotatable bonds is 1. The summed E-state index contributed by atoms with van der Waals surface area (Å²) in [6.45, 7) is 0. The number of nitrogen functional groups attached to an aromatic ring is 1. The van der Waals surface area contributed by atoms with Gasteiger partial charge in [-0.2, -0.15) is 0 Å². The fraction of sp³-hybridized carbons (Fsp3) is 0.133. The number of hydrogen-bond acceptors (Lipinski definition) is 6. The Bertz CT molecular complexity index is 873. The van der Waals surface area contributed by atoms with Crippen molar-refractivity contribution in [2.75, 3.05) is 12.8 Å². The van der Waals surface area contributed by atoms with E-state index in [2.05, 4.69) is 4.74 Å². The van der Waals surface area contributed by atoms with Crippen LogP contribution in [-0.2, 0) is 20.3 Å². The van der Waals surface area contributed by atoms with Crippen LogP contribution < -0.4 is 10.5 Å². The highest BCUT2D eigenvalue weighted by molar-refractivity contribution is 7.90. The summed E-state index contributed by atoms with van der Waals surface area (Å²) in [5.74, 6) is -0.385. The molecule has 0 radical (unpaired) electrons. The predicted octanol–water partition coefficient (Wildman–Crippen LogP) is 2.14. The summed E-state index contributed by atoms with van der Waals surface area (Å²) in [6, 6.07) is 9.10. The Morgan fingerprint density at radius 2 is 2.05 bits per heavy atom. The molecule has 1 aliphatic heterocycles. The molecule has 6 nitrogen and oxygen atoms in total. The van der Waals surface area contributed by atoms with Crippen molar-refractivity contribution in [3.63, 3.8) is 0 Å². The number of ether oxygens (including phenoxy) is 2. The molecule has 0 saturated heterocycles. The van der Waals surface area contributed by atoms with Gasteiger partial charge in [0.1, 0.15) is 10.6 Å². The van der Waals surface area contributed by atoms with Crippen molar-refractivity contribution in [3.8, 4) is 11.5 Å². The lowest BCUT2D eigenvalue weighted by Gasteiger charge is -2.10. The van der Waals surface area contributed by atoms with Crippen LogP contribution in [0.1, 0.15) is 15.9 Å². The smallest absolute Gasteiger partial charge is 0.337 e. The minimum absolute atomic E-state index is 0.0500. The molecule has 114 valence electrons. The van der Waals surface area contributed by atoms with Gasteiger partial charge in [0, 0.05) is 5.56 Å². The zero-order chi connectivity index (χ0) is 15.9.